The lowest BCUT2D eigenvalue weighted by molar-refractivity contribution is -0.140. The molecule has 1 aliphatic heterocycles. The number of rotatable bonds is 3. The van der Waals surface area contributed by atoms with Crippen molar-refractivity contribution in [1.82, 2.24) is 4.90 Å². The summed E-state index contributed by atoms with van der Waals surface area (Å²) in [4.78, 5) is 30.1. The Morgan fingerprint density at radius 2 is 1.93 bits per heavy atom. The predicted molar refractivity (Wildman–Crippen MR) is 93.6 cm³/mol. The number of nitrogens with one attached hydrogen (secondary N) is 1. The number of benzene rings is 1. The lowest BCUT2D eigenvalue weighted by Crippen LogP contribution is -2.58. The van der Waals surface area contributed by atoms with E-state index < -0.39 is 40.9 Å². The van der Waals surface area contributed by atoms with Gasteiger partial charge in [0.15, 0.2) is 5.96 Å². The third-order valence-corrected chi connectivity index (χ3v) is 5.64. The van der Waals surface area contributed by atoms with Crippen LogP contribution < -0.4 is 11.1 Å². The van der Waals surface area contributed by atoms with Crippen molar-refractivity contribution in [1.29, 1.82) is 0 Å². The Labute approximate surface area is 154 Å². The van der Waals surface area contributed by atoms with Crippen molar-refractivity contribution in [2.24, 2.45) is 22.1 Å². The molecule has 1 aromatic carbocycles. The van der Waals surface area contributed by atoms with Crippen LogP contribution in [0.5, 0.6) is 0 Å². The Kier molecular flexibility index (Phi) is 4.06. The number of hydrogen-bond donors (Lipinski definition) is 2. The summed E-state index contributed by atoms with van der Waals surface area (Å²) in [6.45, 7) is 4.82. The molecule has 2 atom stereocenters. The van der Waals surface area contributed by atoms with Crippen molar-refractivity contribution in [3.8, 4) is 0 Å². The van der Waals surface area contributed by atoms with E-state index in [-0.39, 0.29) is 23.1 Å². The van der Waals surface area contributed by atoms with Gasteiger partial charge in [0.2, 0.25) is 11.8 Å². The first-order chi connectivity index (χ1) is 12.3. The minimum atomic E-state index is -3.00. The summed E-state index contributed by atoms with van der Waals surface area (Å²) in [5, 5.41) is 2.38. The van der Waals surface area contributed by atoms with Gasteiger partial charge >= 0.3 is 0 Å². The lowest BCUT2D eigenvalue weighted by Gasteiger charge is -2.46. The molecule has 0 bridgehead atoms. The first-order valence-electron chi connectivity index (χ1n) is 8.43. The molecule has 1 fully saturated rings. The number of guanidine groups is 1. The molecule has 0 saturated heterocycles. The van der Waals surface area contributed by atoms with Gasteiger partial charge in [-0.1, -0.05) is 0 Å². The number of alkyl halides is 2. The molecule has 3 N–H and O–H groups in total. The second-order valence-corrected chi connectivity index (χ2v) is 7.73. The van der Waals surface area contributed by atoms with E-state index in [1.54, 1.807) is 20.8 Å². The number of hydrogen-bond acceptors (Lipinski definition) is 4. The largest absolute Gasteiger partial charge is 0.369 e. The average molecular weight is 382 g/mol. The van der Waals surface area contributed by atoms with E-state index in [0.29, 0.717) is 0 Å². The molecule has 0 radical (unpaired) electrons. The van der Waals surface area contributed by atoms with E-state index in [1.807, 2.05) is 0 Å². The molecule has 2 aliphatic rings. The highest BCUT2D eigenvalue weighted by Gasteiger charge is 2.61. The fraction of sp³-hybridized carbons (Fsp3) is 0.500. The zero-order valence-electron chi connectivity index (χ0n) is 15.4. The summed E-state index contributed by atoms with van der Waals surface area (Å²) in [7, 11) is 1.48. The molecule has 0 spiro atoms. The van der Waals surface area contributed by atoms with Crippen LogP contribution in [0.3, 0.4) is 0 Å². The Morgan fingerprint density at radius 1 is 1.33 bits per heavy atom. The third-order valence-electron chi connectivity index (χ3n) is 5.64. The maximum atomic E-state index is 14.7. The van der Waals surface area contributed by atoms with Crippen LogP contribution in [0.25, 0.3) is 0 Å². The number of halogens is 3. The van der Waals surface area contributed by atoms with E-state index in [4.69, 9.17) is 5.73 Å². The summed E-state index contributed by atoms with van der Waals surface area (Å²) in [6, 6.07) is 3.69. The lowest BCUT2D eigenvalue weighted by atomic mass is 9.67. The van der Waals surface area contributed by atoms with Gasteiger partial charge in [-0.3, -0.25) is 14.5 Å². The number of carbonyl (C=O) groups is 2. The molecule has 3 rings (SSSR count). The quantitative estimate of drug-likeness (QED) is 0.842. The number of nitrogens with zero attached hydrogens (tertiary/aromatic N) is 2. The van der Waals surface area contributed by atoms with Crippen LogP contribution in [0.1, 0.15) is 32.8 Å². The van der Waals surface area contributed by atoms with Crippen molar-refractivity contribution in [3.63, 3.8) is 0 Å². The summed E-state index contributed by atoms with van der Waals surface area (Å²) in [5.74, 6) is -6.26. The molecule has 1 heterocycles. The Morgan fingerprint density at radius 3 is 2.48 bits per heavy atom. The molecular formula is C18H21F3N4O2. The Hall–Kier alpha value is -2.58. The maximum Gasteiger partial charge on any atom is 0.260 e. The number of carbonyl (C=O) groups excluding carboxylic acids is 2. The molecule has 1 saturated carbocycles. The van der Waals surface area contributed by atoms with E-state index in [1.165, 1.54) is 24.1 Å². The Bertz CT molecular complexity index is 868. The highest BCUT2D eigenvalue weighted by molar-refractivity contribution is 6.02. The van der Waals surface area contributed by atoms with Crippen LogP contribution in [0.4, 0.5) is 18.9 Å². The molecule has 1 aliphatic carbocycles. The molecule has 2 amide bonds. The normalized spacial score (nSPS) is 28.6. The number of amides is 2. The highest BCUT2D eigenvalue weighted by atomic mass is 19.3. The van der Waals surface area contributed by atoms with Crippen LogP contribution in [0.15, 0.2) is 23.2 Å². The first kappa shape index (κ1) is 19.2. The highest BCUT2D eigenvalue weighted by Crippen LogP contribution is 2.50. The van der Waals surface area contributed by atoms with Crippen molar-refractivity contribution >= 4 is 23.5 Å². The standard InChI is InChI=1S/C18H21F3N4O2/c1-16(2)14(27)25(4)15(22)24-17(16,3)10-7-9(5-6-12(10)19)23-13(26)11-8-18(11,20)21/h5-7,11H,8H2,1-4H3,(H2,22,24)(H,23,26). The van der Waals surface area contributed by atoms with E-state index in [2.05, 4.69) is 10.3 Å². The van der Waals surface area contributed by atoms with Crippen molar-refractivity contribution in [3.05, 3.63) is 29.6 Å². The molecule has 0 aromatic heterocycles. The minimum absolute atomic E-state index is 0.0391. The minimum Gasteiger partial charge on any atom is -0.369 e. The zero-order valence-corrected chi connectivity index (χ0v) is 15.4. The average Bonchev–Trinajstić information content (AvgIpc) is 3.22. The van der Waals surface area contributed by atoms with Gasteiger partial charge in [0.05, 0.1) is 5.41 Å². The van der Waals surface area contributed by atoms with Crippen molar-refractivity contribution in [2.75, 3.05) is 12.4 Å². The Balaban J connectivity index is 2.01. The fourth-order valence-corrected chi connectivity index (χ4v) is 3.28. The molecule has 2 unspecified atom stereocenters. The monoisotopic (exact) mass is 382 g/mol. The number of nitrogens with two attached hydrogens (primary N) is 1. The van der Waals surface area contributed by atoms with Gasteiger partial charge in [-0.05, 0) is 39.0 Å². The summed E-state index contributed by atoms with van der Waals surface area (Å²) in [5.41, 5.74) is 3.52. The summed E-state index contributed by atoms with van der Waals surface area (Å²) >= 11 is 0. The maximum absolute atomic E-state index is 14.7. The fourth-order valence-electron chi connectivity index (χ4n) is 3.28. The molecule has 27 heavy (non-hydrogen) atoms. The van der Waals surface area contributed by atoms with E-state index >= 15 is 0 Å². The van der Waals surface area contributed by atoms with Crippen LogP contribution >= 0.6 is 0 Å². The SMILES string of the molecule is CN1C(=O)C(C)(C)C(C)(c2cc(NC(=O)C3CC3(F)F)ccc2F)N=C1N. The van der Waals surface area contributed by atoms with Gasteiger partial charge in [0.1, 0.15) is 17.3 Å². The van der Waals surface area contributed by atoms with Gasteiger partial charge in [0.25, 0.3) is 5.92 Å². The molecule has 9 heteroatoms. The molecule has 146 valence electrons. The summed E-state index contributed by atoms with van der Waals surface area (Å²) in [6.07, 6.45) is -0.501. The van der Waals surface area contributed by atoms with Crippen LogP contribution in [0.2, 0.25) is 0 Å². The van der Waals surface area contributed by atoms with E-state index in [9.17, 15) is 22.8 Å². The number of aliphatic imine (C=N–C) groups is 1. The van der Waals surface area contributed by atoms with Gasteiger partial charge in [0, 0.05) is 24.7 Å². The second-order valence-electron chi connectivity index (χ2n) is 7.73. The second kappa shape index (κ2) is 5.71. The zero-order chi connectivity index (χ0) is 20.4. The first-order valence-corrected chi connectivity index (χ1v) is 8.43. The van der Waals surface area contributed by atoms with E-state index in [0.717, 1.165) is 6.07 Å². The van der Waals surface area contributed by atoms with Crippen LogP contribution in [-0.4, -0.2) is 35.6 Å². The van der Waals surface area contributed by atoms with Gasteiger partial charge in [-0.15, -0.1) is 0 Å². The predicted octanol–water partition coefficient (Wildman–Crippen LogP) is 2.45. The van der Waals surface area contributed by atoms with Crippen LogP contribution in [0, 0.1) is 17.2 Å². The van der Waals surface area contributed by atoms with Crippen molar-refractivity contribution < 1.29 is 22.8 Å². The molecule has 6 nitrogen and oxygen atoms in total. The smallest absolute Gasteiger partial charge is 0.260 e. The molecule has 1 aromatic rings. The van der Waals surface area contributed by atoms with Crippen LogP contribution in [-0.2, 0) is 15.1 Å². The topological polar surface area (TPSA) is 87.8 Å². The third kappa shape index (κ3) is 2.85. The summed E-state index contributed by atoms with van der Waals surface area (Å²) < 4.78 is 40.8. The van der Waals surface area contributed by atoms with Gasteiger partial charge in [-0.2, -0.15) is 0 Å². The van der Waals surface area contributed by atoms with Gasteiger partial charge < -0.3 is 11.1 Å². The van der Waals surface area contributed by atoms with Crippen molar-refractivity contribution in [2.45, 2.75) is 38.7 Å². The van der Waals surface area contributed by atoms with Gasteiger partial charge in [-0.25, -0.2) is 18.2 Å². The number of anilines is 1. The molecular weight excluding hydrogens is 361 g/mol.